The molecule has 0 fully saturated rings. The number of fused-ring (bicyclic) bond motifs is 1. The Morgan fingerprint density at radius 3 is 2.62 bits per heavy atom. The zero-order chi connectivity index (χ0) is 18.7. The van der Waals surface area contributed by atoms with E-state index in [0.717, 1.165) is 5.56 Å². The van der Waals surface area contributed by atoms with Crippen molar-refractivity contribution in [1.29, 1.82) is 0 Å². The maximum absolute atomic E-state index is 12.5. The molecule has 8 heteroatoms. The third kappa shape index (κ3) is 4.28. The molecule has 0 saturated carbocycles. The minimum absolute atomic E-state index is 0.105. The van der Waals surface area contributed by atoms with E-state index < -0.39 is 15.7 Å². The molecule has 0 atom stereocenters. The molecule has 0 saturated heterocycles. The first-order valence-electron chi connectivity index (χ1n) is 8.03. The molecule has 3 rings (SSSR count). The second-order valence-corrected chi connectivity index (χ2v) is 8.43. The molecule has 0 aromatic heterocycles. The normalized spacial score (nSPS) is 13.3. The molecule has 138 valence electrons. The van der Waals surface area contributed by atoms with Crippen molar-refractivity contribution in [2.75, 3.05) is 24.3 Å². The molecule has 1 aliphatic rings. The summed E-state index contributed by atoms with van der Waals surface area (Å²) in [6.07, 6.45) is -0.164. The molecule has 0 bridgehead atoms. The Morgan fingerprint density at radius 2 is 1.85 bits per heavy atom. The first-order valence-corrected chi connectivity index (χ1v) is 10.1. The summed E-state index contributed by atoms with van der Waals surface area (Å²) in [5.41, 5.74) is 1.41. The molecule has 0 aliphatic carbocycles. The first-order chi connectivity index (χ1) is 12.3. The van der Waals surface area contributed by atoms with E-state index in [1.165, 1.54) is 12.1 Å². The smallest absolute Gasteiger partial charge is 0.225 e. The van der Waals surface area contributed by atoms with Crippen molar-refractivity contribution >= 4 is 33.0 Å². The molecule has 1 heterocycles. The van der Waals surface area contributed by atoms with Gasteiger partial charge in [0.15, 0.2) is 21.3 Å². The molecule has 1 amide bonds. The quantitative estimate of drug-likeness (QED) is 0.840. The van der Waals surface area contributed by atoms with Crippen LogP contribution in [-0.4, -0.2) is 33.3 Å². The summed E-state index contributed by atoms with van der Waals surface area (Å²) in [5, 5.41) is 3.19. The van der Waals surface area contributed by atoms with Gasteiger partial charge in [-0.15, -0.1) is 0 Å². The summed E-state index contributed by atoms with van der Waals surface area (Å²) in [6, 6.07) is 9.59. The lowest BCUT2D eigenvalue weighted by molar-refractivity contribution is -0.115. The van der Waals surface area contributed by atoms with Gasteiger partial charge in [-0.3, -0.25) is 4.79 Å². The van der Waals surface area contributed by atoms with Gasteiger partial charge in [-0.1, -0.05) is 17.7 Å². The second kappa shape index (κ2) is 7.55. The fraction of sp³-hybridized carbons (Fsp3) is 0.278. The Bertz CT molecular complexity index is 943. The zero-order valence-electron chi connectivity index (χ0n) is 14.1. The van der Waals surface area contributed by atoms with Crippen LogP contribution in [0.2, 0.25) is 5.02 Å². The number of amides is 1. The molecule has 0 unspecified atom stereocenters. The molecule has 26 heavy (non-hydrogen) atoms. The van der Waals surface area contributed by atoms with Crippen LogP contribution in [0.5, 0.6) is 11.5 Å². The monoisotopic (exact) mass is 395 g/mol. The highest BCUT2D eigenvalue weighted by atomic mass is 35.5. The number of ether oxygens (including phenoxy) is 2. The number of anilines is 1. The average Bonchev–Trinajstić information content (AvgIpc) is 2.63. The van der Waals surface area contributed by atoms with Gasteiger partial charge in [-0.05, 0) is 36.8 Å². The highest BCUT2D eigenvalue weighted by molar-refractivity contribution is 7.91. The van der Waals surface area contributed by atoms with Crippen LogP contribution >= 0.6 is 11.6 Å². The SMILES string of the molecule is Cc1ccc(Cl)cc1NC(=O)CCS(=O)(=O)c1ccc2c(c1)OCCO2. The van der Waals surface area contributed by atoms with Gasteiger partial charge in [0.1, 0.15) is 13.2 Å². The lowest BCUT2D eigenvalue weighted by Crippen LogP contribution is -2.19. The van der Waals surface area contributed by atoms with Gasteiger partial charge in [0.05, 0.1) is 10.6 Å². The number of hydrogen-bond donors (Lipinski definition) is 1. The van der Waals surface area contributed by atoms with Crippen molar-refractivity contribution in [1.82, 2.24) is 0 Å². The average molecular weight is 396 g/mol. The zero-order valence-corrected chi connectivity index (χ0v) is 15.7. The van der Waals surface area contributed by atoms with E-state index in [-0.39, 0.29) is 17.1 Å². The molecular formula is C18H18ClNO5S. The first kappa shape index (κ1) is 18.5. The van der Waals surface area contributed by atoms with E-state index in [0.29, 0.717) is 35.4 Å². The predicted molar refractivity (Wildman–Crippen MR) is 98.9 cm³/mol. The van der Waals surface area contributed by atoms with Crippen molar-refractivity contribution in [3.8, 4) is 11.5 Å². The molecule has 1 aliphatic heterocycles. The van der Waals surface area contributed by atoms with Crippen LogP contribution < -0.4 is 14.8 Å². The van der Waals surface area contributed by atoms with E-state index in [4.69, 9.17) is 21.1 Å². The molecule has 6 nitrogen and oxygen atoms in total. The summed E-state index contributed by atoms with van der Waals surface area (Å²) < 4.78 is 35.8. The van der Waals surface area contributed by atoms with E-state index in [1.807, 2.05) is 6.92 Å². The molecule has 2 aromatic carbocycles. The third-order valence-electron chi connectivity index (χ3n) is 3.94. The number of nitrogens with one attached hydrogen (secondary N) is 1. The Hall–Kier alpha value is -2.25. The molecule has 0 radical (unpaired) electrons. The van der Waals surface area contributed by atoms with Crippen molar-refractivity contribution in [2.45, 2.75) is 18.2 Å². The van der Waals surface area contributed by atoms with Crippen LogP contribution in [0.25, 0.3) is 0 Å². The van der Waals surface area contributed by atoms with Crippen LogP contribution in [0.15, 0.2) is 41.3 Å². The Labute approximate surface area is 157 Å². The number of hydrogen-bond acceptors (Lipinski definition) is 5. The molecule has 0 spiro atoms. The van der Waals surface area contributed by atoms with Crippen molar-refractivity contribution in [3.05, 3.63) is 47.0 Å². The van der Waals surface area contributed by atoms with Crippen LogP contribution in [-0.2, 0) is 14.6 Å². The van der Waals surface area contributed by atoms with Crippen LogP contribution in [0.4, 0.5) is 5.69 Å². The lowest BCUT2D eigenvalue weighted by Gasteiger charge is -2.18. The van der Waals surface area contributed by atoms with Gasteiger partial charge >= 0.3 is 0 Å². The fourth-order valence-electron chi connectivity index (χ4n) is 2.50. The maximum Gasteiger partial charge on any atom is 0.225 e. The number of carbonyl (C=O) groups excluding carboxylic acids is 1. The highest BCUT2D eigenvalue weighted by Crippen LogP contribution is 2.32. The number of halogens is 1. The maximum atomic E-state index is 12.5. The third-order valence-corrected chi connectivity index (χ3v) is 5.89. The highest BCUT2D eigenvalue weighted by Gasteiger charge is 2.20. The van der Waals surface area contributed by atoms with Gasteiger partial charge in [-0.25, -0.2) is 8.42 Å². The van der Waals surface area contributed by atoms with E-state index in [9.17, 15) is 13.2 Å². The lowest BCUT2D eigenvalue weighted by atomic mass is 10.2. The van der Waals surface area contributed by atoms with Gasteiger partial charge in [0.2, 0.25) is 5.91 Å². The Morgan fingerprint density at radius 1 is 1.12 bits per heavy atom. The van der Waals surface area contributed by atoms with E-state index in [1.54, 1.807) is 24.3 Å². The summed E-state index contributed by atoms with van der Waals surface area (Å²) in [4.78, 5) is 12.2. The summed E-state index contributed by atoms with van der Waals surface area (Å²) in [7, 11) is -3.62. The van der Waals surface area contributed by atoms with Gasteiger partial charge in [-0.2, -0.15) is 0 Å². The van der Waals surface area contributed by atoms with Crippen LogP contribution in [0.1, 0.15) is 12.0 Å². The van der Waals surface area contributed by atoms with Crippen molar-refractivity contribution in [3.63, 3.8) is 0 Å². The van der Waals surface area contributed by atoms with E-state index >= 15 is 0 Å². The number of aryl methyl sites for hydroxylation is 1. The Balaban J connectivity index is 1.66. The van der Waals surface area contributed by atoms with Gasteiger partial charge in [0.25, 0.3) is 0 Å². The van der Waals surface area contributed by atoms with Crippen molar-refractivity contribution < 1.29 is 22.7 Å². The summed E-state index contributed by atoms with van der Waals surface area (Å²) in [6.45, 7) is 2.64. The molecular weight excluding hydrogens is 378 g/mol. The largest absolute Gasteiger partial charge is 0.486 e. The number of rotatable bonds is 5. The number of carbonyl (C=O) groups is 1. The molecule has 2 aromatic rings. The molecule has 1 N–H and O–H groups in total. The van der Waals surface area contributed by atoms with Gasteiger partial charge < -0.3 is 14.8 Å². The predicted octanol–water partition coefficient (Wildman–Crippen LogP) is 3.22. The summed E-state index contributed by atoms with van der Waals surface area (Å²) >= 11 is 5.92. The summed E-state index contributed by atoms with van der Waals surface area (Å²) in [5.74, 6) is 0.218. The number of sulfone groups is 1. The standard InChI is InChI=1S/C18H18ClNO5S/c1-12-2-3-13(19)10-15(12)20-18(21)6-9-26(22,23)14-4-5-16-17(11-14)25-8-7-24-16/h2-5,10-11H,6-9H2,1H3,(H,20,21). The fourth-order valence-corrected chi connectivity index (χ4v) is 3.93. The van der Waals surface area contributed by atoms with Gasteiger partial charge in [0, 0.05) is 23.2 Å². The minimum Gasteiger partial charge on any atom is -0.486 e. The second-order valence-electron chi connectivity index (χ2n) is 5.88. The van der Waals surface area contributed by atoms with Crippen LogP contribution in [0, 0.1) is 6.92 Å². The number of benzene rings is 2. The topological polar surface area (TPSA) is 81.7 Å². The van der Waals surface area contributed by atoms with E-state index in [2.05, 4.69) is 5.32 Å². The minimum atomic E-state index is -3.62. The Kier molecular flexibility index (Phi) is 5.38. The van der Waals surface area contributed by atoms with Crippen molar-refractivity contribution in [2.24, 2.45) is 0 Å². The van der Waals surface area contributed by atoms with Crippen LogP contribution in [0.3, 0.4) is 0 Å².